The van der Waals surface area contributed by atoms with Crippen LogP contribution in [0.25, 0.3) is 26.9 Å². The summed E-state index contributed by atoms with van der Waals surface area (Å²) in [6.45, 7) is 9.71. The van der Waals surface area contributed by atoms with E-state index in [1.807, 2.05) is 32.2 Å². The molecule has 1 aliphatic heterocycles. The fourth-order valence-corrected chi connectivity index (χ4v) is 4.07. The van der Waals surface area contributed by atoms with Crippen LogP contribution in [-0.2, 0) is 11.3 Å². The van der Waals surface area contributed by atoms with Gasteiger partial charge < -0.3 is 14.3 Å². The normalized spacial score (nSPS) is 19.2. The number of carbonyl (C=O) groups excluding carboxylic acids is 1. The molecule has 1 aliphatic carbocycles. The zero-order valence-corrected chi connectivity index (χ0v) is 15.3. The van der Waals surface area contributed by atoms with Crippen LogP contribution in [0.3, 0.4) is 0 Å². The molecule has 0 radical (unpaired) electrons. The first-order valence-corrected chi connectivity index (χ1v) is 9.21. The first-order valence-electron chi connectivity index (χ1n) is 9.21. The van der Waals surface area contributed by atoms with Crippen LogP contribution in [-0.4, -0.2) is 32.4 Å². The van der Waals surface area contributed by atoms with E-state index in [-0.39, 0.29) is 11.9 Å². The van der Waals surface area contributed by atoms with Gasteiger partial charge in [-0.25, -0.2) is 4.98 Å². The minimum Gasteiger partial charge on any atom is -0.361 e. The van der Waals surface area contributed by atoms with Gasteiger partial charge in [-0.3, -0.25) is 4.79 Å². The molecule has 0 bridgehead atoms. The second kappa shape index (κ2) is 5.65. The number of benzene rings is 1. The van der Waals surface area contributed by atoms with E-state index in [1.54, 1.807) is 11.1 Å². The number of nitrogens with zero attached hydrogens (tertiary/aromatic N) is 5. The number of hydrogen-bond donors (Lipinski definition) is 0. The van der Waals surface area contributed by atoms with Crippen LogP contribution in [0.5, 0.6) is 0 Å². The van der Waals surface area contributed by atoms with Gasteiger partial charge in [-0.15, -0.1) is 4.98 Å². The molecule has 0 spiro atoms. The molecule has 6 nitrogen and oxygen atoms in total. The van der Waals surface area contributed by atoms with Crippen molar-refractivity contribution < 1.29 is 4.79 Å². The first kappa shape index (κ1) is 16.0. The topological polar surface area (TPSA) is 55.4 Å². The van der Waals surface area contributed by atoms with Crippen LogP contribution in [0, 0.1) is 6.57 Å². The van der Waals surface area contributed by atoms with Crippen LogP contribution in [0.4, 0.5) is 5.82 Å². The third-order valence-electron chi connectivity index (χ3n) is 5.61. The molecule has 1 unspecified atom stereocenters. The molecule has 1 amide bonds. The van der Waals surface area contributed by atoms with Crippen LogP contribution in [0.15, 0.2) is 30.5 Å². The zero-order valence-electron chi connectivity index (χ0n) is 15.3. The lowest BCUT2D eigenvalue weighted by molar-refractivity contribution is -0.135. The molecule has 0 saturated heterocycles. The fourth-order valence-electron chi connectivity index (χ4n) is 4.07. The van der Waals surface area contributed by atoms with Gasteiger partial charge in [0.1, 0.15) is 18.1 Å². The lowest BCUT2D eigenvalue weighted by Crippen LogP contribution is -2.39. The standard InChI is InChI=1S/C21H19N5O/c1-12-21(27)25(3)11-17-19(24-20(26(12)17)13-7-8-13)15-6-4-5-14-9-18(22-2)23-10-16(14)15/h4-6,9-10,12-13H,7-8,11H2,1,3H3. The third kappa shape index (κ3) is 2.35. The van der Waals surface area contributed by atoms with Crippen molar-refractivity contribution >= 4 is 22.5 Å². The minimum atomic E-state index is -0.225. The molecule has 1 atom stereocenters. The Balaban J connectivity index is 1.77. The van der Waals surface area contributed by atoms with Gasteiger partial charge in [0.05, 0.1) is 17.9 Å². The molecule has 6 heteroatoms. The van der Waals surface area contributed by atoms with Crippen molar-refractivity contribution in [3.63, 3.8) is 0 Å². The molecular formula is C21H19N5O. The number of fused-ring (bicyclic) bond motifs is 2. The Morgan fingerprint density at radius 3 is 2.85 bits per heavy atom. The Bertz CT molecular complexity index is 1140. The Morgan fingerprint density at radius 2 is 2.11 bits per heavy atom. The Morgan fingerprint density at radius 1 is 1.30 bits per heavy atom. The quantitative estimate of drug-likeness (QED) is 0.650. The van der Waals surface area contributed by atoms with E-state index in [4.69, 9.17) is 11.6 Å². The smallest absolute Gasteiger partial charge is 0.270 e. The monoisotopic (exact) mass is 357 g/mol. The van der Waals surface area contributed by atoms with E-state index >= 15 is 0 Å². The highest BCUT2D eigenvalue weighted by Gasteiger charge is 2.38. The highest BCUT2D eigenvalue weighted by Crippen LogP contribution is 2.45. The molecule has 134 valence electrons. The average molecular weight is 357 g/mol. The Labute approximate surface area is 157 Å². The van der Waals surface area contributed by atoms with E-state index in [1.165, 1.54) is 0 Å². The third-order valence-corrected chi connectivity index (χ3v) is 5.61. The average Bonchev–Trinajstić information content (AvgIpc) is 3.46. The second-order valence-electron chi connectivity index (χ2n) is 7.46. The van der Waals surface area contributed by atoms with Crippen LogP contribution in [0.1, 0.15) is 43.2 Å². The zero-order chi connectivity index (χ0) is 18.7. The van der Waals surface area contributed by atoms with Gasteiger partial charge >= 0.3 is 0 Å². The summed E-state index contributed by atoms with van der Waals surface area (Å²) in [6.07, 6.45) is 4.04. The Kier molecular flexibility index (Phi) is 3.35. The lowest BCUT2D eigenvalue weighted by Gasteiger charge is -2.31. The maximum Gasteiger partial charge on any atom is 0.270 e. The lowest BCUT2D eigenvalue weighted by atomic mass is 10.0. The van der Waals surface area contributed by atoms with Crippen molar-refractivity contribution in [2.45, 2.75) is 38.3 Å². The van der Waals surface area contributed by atoms with E-state index in [2.05, 4.69) is 20.5 Å². The first-order chi connectivity index (χ1) is 13.1. The van der Waals surface area contributed by atoms with E-state index in [9.17, 15) is 4.79 Å². The van der Waals surface area contributed by atoms with Gasteiger partial charge in [0.25, 0.3) is 5.82 Å². The van der Waals surface area contributed by atoms with Gasteiger partial charge in [-0.1, -0.05) is 24.8 Å². The van der Waals surface area contributed by atoms with Crippen molar-refractivity contribution in [1.82, 2.24) is 19.4 Å². The van der Waals surface area contributed by atoms with Crippen molar-refractivity contribution in [1.29, 1.82) is 0 Å². The fraction of sp³-hybridized carbons (Fsp3) is 0.333. The molecule has 0 N–H and O–H groups in total. The highest BCUT2D eigenvalue weighted by molar-refractivity contribution is 5.97. The van der Waals surface area contributed by atoms with Crippen LogP contribution >= 0.6 is 0 Å². The molecule has 5 rings (SSSR count). The van der Waals surface area contributed by atoms with E-state index in [0.29, 0.717) is 18.3 Å². The highest BCUT2D eigenvalue weighted by atomic mass is 16.2. The van der Waals surface area contributed by atoms with Gasteiger partial charge in [0, 0.05) is 23.9 Å². The molecule has 3 aromatic rings. The number of amides is 1. The number of aromatic nitrogens is 3. The summed E-state index contributed by atoms with van der Waals surface area (Å²) < 4.78 is 2.16. The SMILES string of the molecule is [C-]#[N+]c1cc2cccc(-c3nc(C4CC4)n4c3CN(C)C(=O)C4C)c2cn1. The summed E-state index contributed by atoms with van der Waals surface area (Å²) in [5, 5.41) is 1.97. The largest absolute Gasteiger partial charge is 0.361 e. The van der Waals surface area contributed by atoms with Crippen LogP contribution < -0.4 is 0 Å². The number of rotatable bonds is 2. The maximum absolute atomic E-state index is 12.6. The summed E-state index contributed by atoms with van der Waals surface area (Å²) in [5.41, 5.74) is 3.04. The minimum absolute atomic E-state index is 0.134. The second-order valence-corrected chi connectivity index (χ2v) is 7.46. The number of imidazole rings is 1. The van der Waals surface area contributed by atoms with Crippen molar-refractivity contribution in [3.05, 3.63) is 53.4 Å². The Hall–Kier alpha value is -3.20. The predicted molar refractivity (Wildman–Crippen MR) is 102 cm³/mol. The number of likely N-dealkylation sites (N-methyl/N-ethyl adjacent to an activating group) is 1. The van der Waals surface area contributed by atoms with Crippen LogP contribution in [0.2, 0.25) is 0 Å². The summed E-state index contributed by atoms with van der Waals surface area (Å²) in [7, 11) is 1.85. The molecule has 3 heterocycles. The molecule has 2 aliphatic rings. The van der Waals surface area contributed by atoms with E-state index in [0.717, 1.165) is 46.4 Å². The molecule has 1 aromatic carbocycles. The van der Waals surface area contributed by atoms with Gasteiger partial charge in [-0.2, -0.15) is 0 Å². The van der Waals surface area contributed by atoms with Gasteiger partial charge in [0.15, 0.2) is 0 Å². The maximum atomic E-state index is 12.6. The molecule has 27 heavy (non-hydrogen) atoms. The van der Waals surface area contributed by atoms with Gasteiger partial charge in [0.2, 0.25) is 5.91 Å². The van der Waals surface area contributed by atoms with Crippen molar-refractivity contribution in [2.24, 2.45) is 0 Å². The molecule has 2 aromatic heterocycles. The summed E-state index contributed by atoms with van der Waals surface area (Å²) in [6, 6.07) is 7.64. The van der Waals surface area contributed by atoms with Crippen molar-refractivity contribution in [3.8, 4) is 11.3 Å². The van der Waals surface area contributed by atoms with E-state index < -0.39 is 0 Å². The summed E-state index contributed by atoms with van der Waals surface area (Å²) in [5.74, 6) is 2.02. The molecule has 1 fully saturated rings. The summed E-state index contributed by atoms with van der Waals surface area (Å²) in [4.78, 5) is 27.1. The number of carbonyl (C=O) groups is 1. The molecule has 1 saturated carbocycles. The number of hydrogen-bond acceptors (Lipinski definition) is 3. The number of pyridine rings is 1. The van der Waals surface area contributed by atoms with Crippen molar-refractivity contribution in [2.75, 3.05) is 7.05 Å². The molecular weight excluding hydrogens is 338 g/mol. The van der Waals surface area contributed by atoms with Gasteiger partial charge in [-0.05, 0) is 31.2 Å². The summed E-state index contributed by atoms with van der Waals surface area (Å²) >= 11 is 0. The predicted octanol–water partition coefficient (Wildman–Crippen LogP) is 4.06.